The molecule has 1 amide bonds. The number of methoxy groups -OCH3 is 1. The summed E-state index contributed by atoms with van der Waals surface area (Å²) in [6, 6.07) is 5.24. The SMILES string of the molecule is COc1cc(Br)c(C=O)cc1OCC(=O)N[C@@](C)(C#N)C1CC1. The summed E-state index contributed by atoms with van der Waals surface area (Å²) in [4.78, 5) is 23.0. The molecule has 23 heavy (non-hydrogen) atoms. The highest BCUT2D eigenvalue weighted by atomic mass is 79.9. The zero-order valence-corrected chi connectivity index (χ0v) is 14.5. The van der Waals surface area contributed by atoms with Crippen LogP contribution >= 0.6 is 15.9 Å². The zero-order valence-electron chi connectivity index (χ0n) is 12.9. The maximum atomic E-state index is 12.0. The predicted molar refractivity (Wildman–Crippen MR) is 86.5 cm³/mol. The molecule has 0 aromatic heterocycles. The molecule has 1 aromatic carbocycles. The van der Waals surface area contributed by atoms with E-state index in [1.165, 1.54) is 13.2 Å². The van der Waals surface area contributed by atoms with Crippen LogP contribution in [0.4, 0.5) is 0 Å². The van der Waals surface area contributed by atoms with Gasteiger partial charge >= 0.3 is 0 Å². The minimum atomic E-state index is -0.863. The molecule has 122 valence electrons. The number of hydrogen-bond acceptors (Lipinski definition) is 5. The van der Waals surface area contributed by atoms with Crippen LogP contribution in [0, 0.1) is 17.2 Å². The minimum Gasteiger partial charge on any atom is -0.493 e. The molecule has 6 nitrogen and oxygen atoms in total. The first kappa shape index (κ1) is 17.3. The first-order valence-corrected chi connectivity index (χ1v) is 7.90. The zero-order chi connectivity index (χ0) is 17.0. The summed E-state index contributed by atoms with van der Waals surface area (Å²) < 4.78 is 11.2. The molecule has 1 fully saturated rings. The van der Waals surface area contributed by atoms with Gasteiger partial charge in [0, 0.05) is 10.0 Å². The molecule has 1 aliphatic carbocycles. The molecule has 1 atom stereocenters. The number of aldehydes is 1. The van der Waals surface area contributed by atoms with Crippen molar-refractivity contribution in [2.45, 2.75) is 25.3 Å². The average Bonchev–Trinajstić information content (AvgIpc) is 3.38. The number of nitrogens with one attached hydrogen (secondary N) is 1. The van der Waals surface area contributed by atoms with Crippen molar-refractivity contribution in [3.8, 4) is 17.6 Å². The van der Waals surface area contributed by atoms with Crippen LogP contribution in [0.3, 0.4) is 0 Å². The second-order valence-electron chi connectivity index (χ2n) is 5.57. The van der Waals surface area contributed by atoms with Crippen LogP contribution in [0.25, 0.3) is 0 Å². The molecular weight excluding hydrogens is 364 g/mol. The smallest absolute Gasteiger partial charge is 0.259 e. The van der Waals surface area contributed by atoms with E-state index in [0.29, 0.717) is 22.1 Å². The Morgan fingerprint density at radius 3 is 2.74 bits per heavy atom. The predicted octanol–water partition coefficient (Wildman–Crippen LogP) is 2.46. The molecule has 0 saturated heterocycles. The van der Waals surface area contributed by atoms with Crippen molar-refractivity contribution < 1.29 is 19.1 Å². The second kappa shape index (κ2) is 7.01. The maximum absolute atomic E-state index is 12.0. The fourth-order valence-electron chi connectivity index (χ4n) is 2.26. The Morgan fingerprint density at radius 1 is 1.52 bits per heavy atom. The lowest BCUT2D eigenvalue weighted by molar-refractivity contribution is -0.124. The van der Waals surface area contributed by atoms with Crippen molar-refractivity contribution in [2.75, 3.05) is 13.7 Å². The van der Waals surface area contributed by atoms with Crippen molar-refractivity contribution in [1.82, 2.24) is 5.32 Å². The van der Waals surface area contributed by atoms with Crippen molar-refractivity contribution >= 4 is 28.1 Å². The molecule has 0 spiro atoms. The van der Waals surface area contributed by atoms with Crippen LogP contribution in [0.1, 0.15) is 30.1 Å². The summed E-state index contributed by atoms with van der Waals surface area (Å²) in [6.45, 7) is 1.45. The standard InChI is InChI=1S/C16H17BrN2O4/c1-16(9-18,11-3-4-11)19-15(21)8-23-14-5-10(7-20)12(17)6-13(14)22-2/h5-7,11H,3-4,8H2,1-2H3,(H,19,21)/t16-/m0/s1. The number of halogens is 1. The van der Waals surface area contributed by atoms with E-state index in [9.17, 15) is 14.9 Å². The number of nitrogens with zero attached hydrogens (tertiary/aromatic N) is 1. The van der Waals surface area contributed by atoms with Crippen LogP contribution in [-0.4, -0.2) is 31.4 Å². The summed E-state index contributed by atoms with van der Waals surface area (Å²) in [7, 11) is 1.47. The molecule has 1 N–H and O–H groups in total. The number of rotatable bonds is 7. The molecule has 0 unspecified atom stereocenters. The van der Waals surface area contributed by atoms with Gasteiger partial charge in [-0.15, -0.1) is 0 Å². The Kier molecular flexibility index (Phi) is 5.26. The molecule has 1 saturated carbocycles. The van der Waals surface area contributed by atoms with Crippen molar-refractivity contribution in [1.29, 1.82) is 5.26 Å². The lowest BCUT2D eigenvalue weighted by Gasteiger charge is -2.23. The monoisotopic (exact) mass is 380 g/mol. The summed E-state index contributed by atoms with van der Waals surface area (Å²) in [6.07, 6.45) is 2.55. The molecule has 7 heteroatoms. The van der Waals surface area contributed by atoms with Crippen LogP contribution in [0.5, 0.6) is 11.5 Å². The van der Waals surface area contributed by atoms with Gasteiger partial charge in [-0.25, -0.2) is 0 Å². The largest absolute Gasteiger partial charge is 0.493 e. The normalized spacial score (nSPS) is 15.9. The number of carbonyl (C=O) groups excluding carboxylic acids is 2. The maximum Gasteiger partial charge on any atom is 0.259 e. The van der Waals surface area contributed by atoms with Gasteiger partial charge in [0.1, 0.15) is 5.54 Å². The highest BCUT2D eigenvalue weighted by Gasteiger charge is 2.43. The van der Waals surface area contributed by atoms with Crippen LogP contribution < -0.4 is 14.8 Å². The quantitative estimate of drug-likeness (QED) is 0.733. The van der Waals surface area contributed by atoms with Gasteiger partial charge in [0.05, 0.1) is 13.2 Å². The van der Waals surface area contributed by atoms with E-state index in [0.717, 1.165) is 12.8 Å². The topological polar surface area (TPSA) is 88.4 Å². The second-order valence-corrected chi connectivity index (χ2v) is 6.42. The Morgan fingerprint density at radius 2 is 2.22 bits per heavy atom. The number of benzene rings is 1. The Labute approximate surface area is 142 Å². The third-order valence-electron chi connectivity index (χ3n) is 3.79. The average molecular weight is 381 g/mol. The van der Waals surface area contributed by atoms with Gasteiger partial charge in [0.2, 0.25) is 0 Å². The number of amides is 1. The summed E-state index contributed by atoms with van der Waals surface area (Å²) >= 11 is 3.25. The van der Waals surface area contributed by atoms with Gasteiger partial charge in [-0.05, 0) is 53.7 Å². The van der Waals surface area contributed by atoms with E-state index in [1.807, 2.05) is 0 Å². The van der Waals surface area contributed by atoms with Crippen LogP contribution in [0.2, 0.25) is 0 Å². The first-order valence-electron chi connectivity index (χ1n) is 7.11. The van der Waals surface area contributed by atoms with Gasteiger partial charge in [-0.1, -0.05) is 0 Å². The van der Waals surface area contributed by atoms with E-state index < -0.39 is 11.4 Å². The van der Waals surface area contributed by atoms with Crippen molar-refractivity contribution in [3.05, 3.63) is 22.2 Å². The highest BCUT2D eigenvalue weighted by molar-refractivity contribution is 9.10. The van der Waals surface area contributed by atoms with Gasteiger partial charge in [0.25, 0.3) is 5.91 Å². The van der Waals surface area contributed by atoms with E-state index >= 15 is 0 Å². The number of ether oxygens (including phenoxy) is 2. The lowest BCUT2D eigenvalue weighted by Crippen LogP contribution is -2.48. The number of hydrogen-bond donors (Lipinski definition) is 1. The summed E-state index contributed by atoms with van der Waals surface area (Å²) in [5.74, 6) is 0.498. The first-order chi connectivity index (χ1) is 10.9. The van der Waals surface area contributed by atoms with Gasteiger partial charge in [-0.2, -0.15) is 5.26 Å². The number of carbonyl (C=O) groups is 2. The van der Waals surface area contributed by atoms with Crippen molar-refractivity contribution in [2.24, 2.45) is 5.92 Å². The third-order valence-corrected chi connectivity index (χ3v) is 4.48. The van der Waals surface area contributed by atoms with Crippen LogP contribution in [0.15, 0.2) is 16.6 Å². The van der Waals surface area contributed by atoms with Gasteiger partial charge < -0.3 is 14.8 Å². The summed E-state index contributed by atoms with van der Waals surface area (Å²) in [5.41, 5.74) is -0.473. The Bertz CT molecular complexity index is 667. The molecule has 0 aliphatic heterocycles. The minimum absolute atomic E-state index is 0.195. The Hall–Kier alpha value is -2.07. The summed E-state index contributed by atoms with van der Waals surface area (Å²) in [5, 5.41) is 11.9. The van der Waals surface area contributed by atoms with Crippen molar-refractivity contribution in [3.63, 3.8) is 0 Å². The fraction of sp³-hybridized carbons (Fsp3) is 0.438. The van der Waals surface area contributed by atoms with Crippen LogP contribution in [-0.2, 0) is 4.79 Å². The fourth-order valence-corrected chi connectivity index (χ4v) is 2.68. The molecular formula is C16H17BrN2O4. The molecule has 0 bridgehead atoms. The molecule has 0 radical (unpaired) electrons. The lowest BCUT2D eigenvalue weighted by atomic mass is 9.98. The van der Waals surface area contributed by atoms with Gasteiger partial charge in [0.15, 0.2) is 24.4 Å². The van der Waals surface area contributed by atoms with E-state index in [2.05, 4.69) is 27.3 Å². The Balaban J connectivity index is 2.04. The molecule has 0 heterocycles. The number of nitriles is 1. The van der Waals surface area contributed by atoms with E-state index in [1.54, 1.807) is 13.0 Å². The van der Waals surface area contributed by atoms with Gasteiger partial charge in [-0.3, -0.25) is 9.59 Å². The molecule has 1 aliphatic rings. The van der Waals surface area contributed by atoms with E-state index in [-0.39, 0.29) is 18.3 Å². The highest BCUT2D eigenvalue weighted by Crippen LogP contribution is 2.39. The van der Waals surface area contributed by atoms with E-state index in [4.69, 9.17) is 9.47 Å². The third kappa shape index (κ3) is 4.02. The molecule has 2 rings (SSSR count). The molecule has 1 aromatic rings.